The minimum atomic E-state index is -0.367. The van der Waals surface area contributed by atoms with Gasteiger partial charge in [0.2, 0.25) is 11.1 Å². The van der Waals surface area contributed by atoms with Gasteiger partial charge in [-0.2, -0.15) is 0 Å². The number of hydrogen-bond acceptors (Lipinski definition) is 6. The topological polar surface area (TPSA) is 102 Å². The van der Waals surface area contributed by atoms with E-state index < -0.39 is 0 Å². The molecule has 9 nitrogen and oxygen atoms in total. The van der Waals surface area contributed by atoms with Crippen molar-refractivity contribution in [2.45, 2.75) is 42.8 Å². The van der Waals surface area contributed by atoms with Crippen LogP contribution >= 0.6 is 11.8 Å². The summed E-state index contributed by atoms with van der Waals surface area (Å²) < 4.78 is 4.02. The number of likely N-dealkylation sites (tertiary alicyclic amines) is 1. The van der Waals surface area contributed by atoms with Crippen LogP contribution in [-0.2, 0) is 11.3 Å². The fraction of sp³-hybridized carbons (Fsp3) is 0.258. The second-order valence-corrected chi connectivity index (χ2v) is 11.8. The van der Waals surface area contributed by atoms with E-state index in [1.165, 1.54) is 17.3 Å². The van der Waals surface area contributed by atoms with Crippen LogP contribution in [0.3, 0.4) is 0 Å². The highest BCUT2D eigenvalue weighted by Gasteiger charge is 2.29. The number of carbonyl (C=O) groups excluding carboxylic acids is 1. The van der Waals surface area contributed by atoms with Crippen LogP contribution in [0.15, 0.2) is 88.8 Å². The summed E-state index contributed by atoms with van der Waals surface area (Å²) in [5, 5.41) is 10.1. The van der Waals surface area contributed by atoms with Crippen LogP contribution in [0.2, 0.25) is 0 Å². The number of aromatic nitrogens is 6. The number of nitrogens with one attached hydrogen (secondary N) is 1. The van der Waals surface area contributed by atoms with Crippen molar-refractivity contribution in [3.05, 3.63) is 94.9 Å². The Kier molecular flexibility index (Phi) is 6.54. The lowest BCUT2D eigenvalue weighted by Crippen LogP contribution is -2.43. The highest BCUT2D eigenvalue weighted by Crippen LogP contribution is 2.30. The molecule has 3 aromatic heterocycles. The summed E-state index contributed by atoms with van der Waals surface area (Å²) in [6.07, 6.45) is 1.46. The minimum Gasteiger partial charge on any atom is -0.342 e. The smallest absolute Gasteiger partial charge is 0.326 e. The molecule has 1 saturated heterocycles. The van der Waals surface area contributed by atoms with E-state index in [0.29, 0.717) is 24.8 Å². The molecule has 10 heteroatoms. The van der Waals surface area contributed by atoms with E-state index in [1.54, 1.807) is 0 Å². The van der Waals surface area contributed by atoms with Gasteiger partial charge in [-0.3, -0.25) is 9.36 Å². The van der Waals surface area contributed by atoms with Crippen molar-refractivity contribution < 1.29 is 4.79 Å². The first kappa shape index (κ1) is 25.5. The minimum absolute atomic E-state index is 0.0493. The van der Waals surface area contributed by atoms with Gasteiger partial charge in [0, 0.05) is 31.1 Å². The fourth-order valence-corrected chi connectivity index (χ4v) is 6.71. The Morgan fingerprint density at radius 1 is 0.951 bits per heavy atom. The standard InChI is InChI=1S/C31H29N7O2S/c1-20(29(39)36-17-15-22(16-18-36)38-26-14-8-6-12-24(26)32-31(38)40)41-30-33-28-27(34-35-30)23-11-5-7-13-25(23)37(28)19-21-9-3-2-4-10-21/h2-14,20,22H,15-19H2,1H3,(H,32,40). The van der Waals surface area contributed by atoms with Crippen LogP contribution in [-0.4, -0.2) is 58.4 Å². The molecule has 1 aliphatic heterocycles. The van der Waals surface area contributed by atoms with Crippen molar-refractivity contribution in [3.63, 3.8) is 0 Å². The van der Waals surface area contributed by atoms with E-state index in [-0.39, 0.29) is 22.9 Å². The van der Waals surface area contributed by atoms with Crippen LogP contribution in [0, 0.1) is 0 Å². The van der Waals surface area contributed by atoms with Gasteiger partial charge >= 0.3 is 5.69 Å². The Bertz CT molecular complexity index is 1940. The van der Waals surface area contributed by atoms with Gasteiger partial charge in [0.1, 0.15) is 5.52 Å². The summed E-state index contributed by atoms with van der Waals surface area (Å²) in [6, 6.07) is 26.2. The van der Waals surface area contributed by atoms with Gasteiger partial charge in [-0.1, -0.05) is 72.4 Å². The molecule has 0 spiro atoms. The lowest BCUT2D eigenvalue weighted by atomic mass is 10.0. The third-order valence-corrected chi connectivity index (χ3v) is 8.87. The Balaban J connectivity index is 1.09. The molecule has 1 aliphatic rings. The van der Waals surface area contributed by atoms with E-state index >= 15 is 0 Å². The predicted octanol–water partition coefficient (Wildman–Crippen LogP) is 5.02. The molecular weight excluding hydrogens is 534 g/mol. The third-order valence-electron chi connectivity index (χ3n) is 7.93. The van der Waals surface area contributed by atoms with Gasteiger partial charge in [-0.05, 0) is 43.5 Å². The Morgan fingerprint density at radius 3 is 2.46 bits per heavy atom. The van der Waals surface area contributed by atoms with Gasteiger partial charge in [0.15, 0.2) is 5.65 Å². The summed E-state index contributed by atoms with van der Waals surface area (Å²) in [5.41, 5.74) is 5.41. The van der Waals surface area contributed by atoms with Crippen LogP contribution in [0.1, 0.15) is 31.4 Å². The van der Waals surface area contributed by atoms with Crippen molar-refractivity contribution in [1.29, 1.82) is 0 Å². The summed E-state index contributed by atoms with van der Waals surface area (Å²) >= 11 is 1.34. The molecule has 3 aromatic carbocycles. The highest BCUT2D eigenvalue weighted by molar-refractivity contribution is 8.00. The van der Waals surface area contributed by atoms with E-state index in [2.05, 4.69) is 37.9 Å². The lowest BCUT2D eigenvalue weighted by molar-refractivity contribution is -0.131. The van der Waals surface area contributed by atoms with Crippen molar-refractivity contribution in [1.82, 2.24) is 34.2 Å². The largest absolute Gasteiger partial charge is 0.342 e. The number of thioether (sulfide) groups is 1. The molecule has 1 N–H and O–H groups in total. The number of para-hydroxylation sites is 3. The number of H-pyrrole nitrogens is 1. The van der Waals surface area contributed by atoms with Crippen LogP contribution in [0.4, 0.5) is 0 Å². The summed E-state index contributed by atoms with van der Waals surface area (Å²) in [7, 11) is 0. The fourth-order valence-electron chi connectivity index (χ4n) is 5.91. The molecule has 1 fully saturated rings. The van der Waals surface area contributed by atoms with Crippen molar-refractivity contribution in [3.8, 4) is 0 Å². The molecule has 6 aromatic rings. The zero-order valence-corrected chi connectivity index (χ0v) is 23.4. The average Bonchev–Trinajstić information content (AvgIpc) is 3.51. The summed E-state index contributed by atoms with van der Waals surface area (Å²) in [5.74, 6) is 0.0493. The number of rotatable bonds is 6. The van der Waals surface area contributed by atoms with Gasteiger partial charge in [0.05, 0.1) is 21.8 Å². The van der Waals surface area contributed by atoms with E-state index in [9.17, 15) is 9.59 Å². The number of fused-ring (bicyclic) bond motifs is 4. The molecule has 0 radical (unpaired) electrons. The van der Waals surface area contributed by atoms with Crippen LogP contribution in [0.5, 0.6) is 0 Å². The Labute approximate surface area is 240 Å². The molecule has 7 rings (SSSR count). The van der Waals surface area contributed by atoms with Gasteiger partial charge in [-0.25, -0.2) is 9.78 Å². The van der Waals surface area contributed by atoms with Crippen LogP contribution < -0.4 is 5.69 Å². The zero-order valence-electron chi connectivity index (χ0n) is 22.6. The number of piperidine rings is 1. The molecule has 0 aliphatic carbocycles. The van der Waals surface area contributed by atoms with E-state index in [0.717, 1.165) is 45.9 Å². The third kappa shape index (κ3) is 4.67. The van der Waals surface area contributed by atoms with Crippen molar-refractivity contribution in [2.75, 3.05) is 13.1 Å². The number of hydrogen-bond donors (Lipinski definition) is 1. The molecule has 1 amide bonds. The quantitative estimate of drug-likeness (QED) is 0.286. The molecule has 0 bridgehead atoms. The first-order chi connectivity index (χ1) is 20.1. The molecular formula is C31H29N7O2S. The van der Waals surface area contributed by atoms with E-state index in [4.69, 9.17) is 4.98 Å². The zero-order chi connectivity index (χ0) is 27.9. The lowest BCUT2D eigenvalue weighted by Gasteiger charge is -2.33. The normalized spacial score (nSPS) is 15.2. The predicted molar refractivity (Wildman–Crippen MR) is 161 cm³/mol. The number of aromatic amines is 1. The number of carbonyl (C=O) groups is 1. The maximum atomic E-state index is 13.4. The SMILES string of the molecule is CC(Sc1nnc2c3ccccc3n(Cc3ccccc3)c2n1)C(=O)N1CCC(n2c(=O)[nH]c3ccccc32)CC1. The monoisotopic (exact) mass is 563 g/mol. The molecule has 1 atom stereocenters. The molecule has 0 saturated carbocycles. The second-order valence-electron chi connectivity index (χ2n) is 10.5. The van der Waals surface area contributed by atoms with Crippen molar-refractivity contribution >= 4 is 50.8 Å². The van der Waals surface area contributed by atoms with Crippen LogP contribution in [0.25, 0.3) is 33.1 Å². The first-order valence-corrected chi connectivity index (χ1v) is 14.7. The first-order valence-electron chi connectivity index (χ1n) is 13.9. The van der Waals surface area contributed by atoms with Gasteiger partial charge in [-0.15, -0.1) is 10.2 Å². The van der Waals surface area contributed by atoms with Gasteiger partial charge < -0.3 is 14.5 Å². The number of benzene rings is 3. The molecule has 1 unspecified atom stereocenters. The maximum absolute atomic E-state index is 13.4. The number of imidazole rings is 1. The van der Waals surface area contributed by atoms with E-state index in [1.807, 2.05) is 77.1 Å². The molecule has 41 heavy (non-hydrogen) atoms. The summed E-state index contributed by atoms with van der Waals surface area (Å²) in [6.45, 7) is 3.76. The number of amides is 1. The maximum Gasteiger partial charge on any atom is 0.326 e. The highest BCUT2D eigenvalue weighted by atomic mass is 32.2. The summed E-state index contributed by atoms with van der Waals surface area (Å²) in [4.78, 5) is 35.8. The number of nitrogens with zero attached hydrogens (tertiary/aromatic N) is 6. The Hall–Kier alpha value is -4.44. The second kappa shape index (κ2) is 10.5. The average molecular weight is 564 g/mol. The molecule has 4 heterocycles. The van der Waals surface area contributed by atoms with Gasteiger partial charge in [0.25, 0.3) is 0 Å². The Morgan fingerprint density at radius 2 is 1.66 bits per heavy atom. The van der Waals surface area contributed by atoms with Crippen molar-refractivity contribution in [2.24, 2.45) is 0 Å². The molecule has 206 valence electrons.